The van der Waals surface area contributed by atoms with Crippen molar-refractivity contribution in [3.8, 4) is 17.2 Å². The minimum Gasteiger partial charge on any atom is -0.503 e. The summed E-state index contributed by atoms with van der Waals surface area (Å²) in [7, 11) is 0. The lowest BCUT2D eigenvalue weighted by molar-refractivity contribution is 0.161. The summed E-state index contributed by atoms with van der Waals surface area (Å²) in [6, 6.07) is 0.575. The molecule has 0 fully saturated rings. The Bertz CT molecular complexity index is 822. The highest BCUT2D eigenvalue weighted by atomic mass is 19.2. The summed E-state index contributed by atoms with van der Waals surface area (Å²) in [4.78, 5) is 8.20. The molecular formula is C16H17F3N4O2. The number of aromatic hydroxyl groups is 1. The summed E-state index contributed by atoms with van der Waals surface area (Å²) in [5.41, 5.74) is 0.684. The molecule has 0 radical (unpaired) electrons. The highest BCUT2D eigenvalue weighted by Crippen LogP contribution is 2.31. The average molecular weight is 354 g/mol. The van der Waals surface area contributed by atoms with Gasteiger partial charge < -0.3 is 14.5 Å². The molecule has 1 N–H and O–H groups in total. The largest absolute Gasteiger partial charge is 0.503 e. The smallest absolute Gasteiger partial charge is 0.261 e. The number of hydrogen-bond acceptors (Lipinski definition) is 6. The molecule has 0 atom stereocenters. The van der Waals surface area contributed by atoms with Crippen molar-refractivity contribution in [3.63, 3.8) is 0 Å². The van der Waals surface area contributed by atoms with Crippen molar-refractivity contribution in [2.24, 2.45) is 0 Å². The van der Waals surface area contributed by atoms with Gasteiger partial charge in [0.05, 0.1) is 18.8 Å². The van der Waals surface area contributed by atoms with Crippen LogP contribution in [0.25, 0.3) is 11.5 Å². The Labute approximate surface area is 142 Å². The molecule has 0 amide bonds. The Kier molecular flexibility index (Phi) is 4.67. The summed E-state index contributed by atoms with van der Waals surface area (Å²) in [5.74, 6) is -5.88. The van der Waals surface area contributed by atoms with Crippen LogP contribution in [0.15, 0.2) is 22.4 Å². The number of rotatable bonds is 4. The molecule has 1 aromatic heterocycles. The third-order valence-corrected chi connectivity index (χ3v) is 3.88. The number of hydrogen-bond donors (Lipinski definition) is 1. The minimum absolute atomic E-state index is 0.264. The maximum atomic E-state index is 13.9. The summed E-state index contributed by atoms with van der Waals surface area (Å²) < 4.78 is 45.4. The Balaban J connectivity index is 1.83. The standard InChI is InChI=1S/C16H17F3N4O2/c1-3-22-5-9(2)6-23(8-22)7-12-20-16(25-21-12)10-4-11(17)14(19)15(24)13(10)18/h4,6,24H,3,5,7-8H2,1-2H3. The Morgan fingerprint density at radius 1 is 1.28 bits per heavy atom. The van der Waals surface area contributed by atoms with Crippen LogP contribution in [0, 0.1) is 17.5 Å². The van der Waals surface area contributed by atoms with Crippen molar-refractivity contribution in [2.45, 2.75) is 20.4 Å². The van der Waals surface area contributed by atoms with Crippen molar-refractivity contribution >= 4 is 0 Å². The van der Waals surface area contributed by atoms with Gasteiger partial charge in [0.1, 0.15) is 0 Å². The van der Waals surface area contributed by atoms with Crippen molar-refractivity contribution in [3.05, 3.63) is 41.1 Å². The summed E-state index contributed by atoms with van der Waals surface area (Å²) in [5, 5.41) is 13.0. The van der Waals surface area contributed by atoms with Crippen LogP contribution in [0.5, 0.6) is 5.75 Å². The van der Waals surface area contributed by atoms with Crippen molar-refractivity contribution in [2.75, 3.05) is 19.8 Å². The highest BCUT2D eigenvalue weighted by molar-refractivity contribution is 5.57. The Morgan fingerprint density at radius 3 is 2.76 bits per heavy atom. The fourth-order valence-corrected chi connectivity index (χ4v) is 2.72. The second-order valence-electron chi connectivity index (χ2n) is 5.91. The zero-order chi connectivity index (χ0) is 18.1. The Morgan fingerprint density at radius 2 is 2.04 bits per heavy atom. The molecule has 25 heavy (non-hydrogen) atoms. The molecule has 0 saturated carbocycles. The zero-order valence-corrected chi connectivity index (χ0v) is 13.8. The van der Waals surface area contributed by atoms with E-state index in [9.17, 15) is 18.3 Å². The first kappa shape index (κ1) is 17.3. The van der Waals surface area contributed by atoms with Gasteiger partial charge in [-0.05, 0) is 25.1 Å². The van der Waals surface area contributed by atoms with E-state index in [4.69, 9.17) is 4.52 Å². The molecule has 0 saturated heterocycles. The maximum absolute atomic E-state index is 13.9. The first-order valence-corrected chi connectivity index (χ1v) is 7.72. The van der Waals surface area contributed by atoms with Gasteiger partial charge in [0.15, 0.2) is 23.2 Å². The molecule has 6 nitrogen and oxygen atoms in total. The van der Waals surface area contributed by atoms with Crippen LogP contribution in [-0.4, -0.2) is 44.8 Å². The third kappa shape index (κ3) is 3.46. The van der Waals surface area contributed by atoms with Gasteiger partial charge in [0.2, 0.25) is 5.82 Å². The van der Waals surface area contributed by atoms with Gasteiger partial charge in [-0.1, -0.05) is 12.1 Å². The van der Waals surface area contributed by atoms with Crippen LogP contribution in [0.3, 0.4) is 0 Å². The van der Waals surface area contributed by atoms with Crippen molar-refractivity contribution in [1.29, 1.82) is 0 Å². The van der Waals surface area contributed by atoms with E-state index in [1.54, 1.807) is 0 Å². The molecule has 0 spiro atoms. The van der Waals surface area contributed by atoms with Crippen LogP contribution in [0.4, 0.5) is 13.2 Å². The SMILES string of the molecule is CCN1CC(C)=CN(Cc2noc(-c3cc(F)c(F)c(O)c3F)n2)C1. The van der Waals surface area contributed by atoms with Gasteiger partial charge in [-0.25, -0.2) is 8.78 Å². The van der Waals surface area contributed by atoms with Crippen molar-refractivity contribution < 1.29 is 22.8 Å². The molecule has 0 bridgehead atoms. The minimum atomic E-state index is -1.66. The molecule has 1 aromatic carbocycles. The molecule has 1 aliphatic heterocycles. The first-order valence-electron chi connectivity index (χ1n) is 7.72. The number of benzene rings is 1. The third-order valence-electron chi connectivity index (χ3n) is 3.88. The molecule has 3 rings (SSSR count). The summed E-state index contributed by atoms with van der Waals surface area (Å²) in [6.45, 7) is 6.83. The van der Waals surface area contributed by atoms with Crippen LogP contribution in [0.1, 0.15) is 19.7 Å². The normalized spacial score (nSPS) is 15.6. The van der Waals surface area contributed by atoms with Crippen LogP contribution in [0.2, 0.25) is 0 Å². The topological polar surface area (TPSA) is 65.6 Å². The van der Waals surface area contributed by atoms with E-state index in [1.807, 2.05) is 18.0 Å². The van der Waals surface area contributed by atoms with Gasteiger partial charge in [-0.2, -0.15) is 9.37 Å². The predicted octanol–water partition coefficient (Wildman–Crippen LogP) is 2.86. The van der Waals surface area contributed by atoms with E-state index < -0.39 is 28.8 Å². The lowest BCUT2D eigenvalue weighted by atomic mass is 10.2. The van der Waals surface area contributed by atoms with E-state index in [1.165, 1.54) is 5.57 Å². The second kappa shape index (κ2) is 6.75. The number of aromatic nitrogens is 2. The van der Waals surface area contributed by atoms with E-state index in [2.05, 4.69) is 22.0 Å². The molecule has 0 unspecified atom stereocenters. The first-order chi connectivity index (χ1) is 11.9. The van der Waals surface area contributed by atoms with Gasteiger partial charge in [0, 0.05) is 12.7 Å². The Hall–Kier alpha value is -2.55. The molecule has 1 aliphatic rings. The lowest BCUT2D eigenvalue weighted by Crippen LogP contribution is -2.39. The van der Waals surface area contributed by atoms with Gasteiger partial charge in [-0.15, -0.1) is 0 Å². The van der Waals surface area contributed by atoms with E-state index in [-0.39, 0.29) is 11.7 Å². The van der Waals surface area contributed by atoms with Crippen LogP contribution < -0.4 is 0 Å². The molecule has 9 heteroatoms. The zero-order valence-electron chi connectivity index (χ0n) is 13.8. The van der Waals surface area contributed by atoms with Gasteiger partial charge in [0.25, 0.3) is 5.89 Å². The summed E-state index contributed by atoms with van der Waals surface area (Å²) in [6.07, 6.45) is 1.98. The predicted molar refractivity (Wildman–Crippen MR) is 82.7 cm³/mol. The number of nitrogens with zero attached hydrogens (tertiary/aromatic N) is 4. The fraction of sp³-hybridized carbons (Fsp3) is 0.375. The lowest BCUT2D eigenvalue weighted by Gasteiger charge is -2.33. The van der Waals surface area contributed by atoms with Crippen LogP contribution in [-0.2, 0) is 6.54 Å². The van der Waals surface area contributed by atoms with E-state index in [0.29, 0.717) is 19.3 Å². The molecule has 134 valence electrons. The average Bonchev–Trinajstić information content (AvgIpc) is 3.03. The fourth-order valence-electron chi connectivity index (χ4n) is 2.72. The van der Waals surface area contributed by atoms with Gasteiger partial charge in [-0.3, -0.25) is 4.90 Å². The summed E-state index contributed by atoms with van der Waals surface area (Å²) >= 11 is 0. The van der Waals surface area contributed by atoms with Crippen molar-refractivity contribution in [1.82, 2.24) is 19.9 Å². The van der Waals surface area contributed by atoms with E-state index in [0.717, 1.165) is 13.1 Å². The monoisotopic (exact) mass is 354 g/mol. The quantitative estimate of drug-likeness (QED) is 0.852. The van der Waals surface area contributed by atoms with E-state index >= 15 is 0 Å². The maximum Gasteiger partial charge on any atom is 0.261 e. The molecule has 2 heterocycles. The number of halogens is 3. The molecule has 2 aromatic rings. The molecule has 0 aliphatic carbocycles. The second-order valence-corrected chi connectivity index (χ2v) is 5.91. The highest BCUT2D eigenvalue weighted by Gasteiger charge is 2.23. The van der Waals surface area contributed by atoms with Gasteiger partial charge >= 0.3 is 0 Å². The number of phenolic OH excluding ortho intramolecular Hbond substituents is 1. The molecular weight excluding hydrogens is 337 g/mol. The van der Waals surface area contributed by atoms with Crippen LogP contribution >= 0.6 is 0 Å². The number of likely N-dealkylation sites (N-methyl/N-ethyl adjacent to an activating group) is 1. The number of phenols is 1.